The van der Waals surface area contributed by atoms with Gasteiger partial charge in [-0.1, -0.05) is 36.4 Å². The molecule has 5 nitrogen and oxygen atoms in total. The summed E-state index contributed by atoms with van der Waals surface area (Å²) in [7, 11) is 0. The minimum atomic E-state index is -0.765. The quantitative estimate of drug-likeness (QED) is 0.787. The molecule has 1 atom stereocenters. The Morgan fingerprint density at radius 3 is 2.56 bits per heavy atom. The summed E-state index contributed by atoms with van der Waals surface area (Å²) in [6.07, 6.45) is 1.25. The second-order valence-corrected chi connectivity index (χ2v) is 5.94. The number of hydrogen-bond acceptors (Lipinski definition) is 4. The van der Waals surface area contributed by atoms with Crippen LogP contribution in [-0.4, -0.2) is 24.5 Å². The Bertz CT molecular complexity index is 740. The van der Waals surface area contributed by atoms with Gasteiger partial charge in [0.25, 0.3) is 5.91 Å². The predicted molar refractivity (Wildman–Crippen MR) is 93.4 cm³/mol. The maximum Gasteiger partial charge on any atom is 0.338 e. The van der Waals surface area contributed by atoms with E-state index >= 15 is 0 Å². The summed E-state index contributed by atoms with van der Waals surface area (Å²) in [6, 6.07) is 16.3. The van der Waals surface area contributed by atoms with E-state index in [0.717, 1.165) is 18.4 Å². The highest BCUT2D eigenvalue weighted by atomic mass is 16.5. The molecule has 2 aromatic carbocycles. The molecule has 130 valence electrons. The van der Waals surface area contributed by atoms with Gasteiger partial charge in [0.1, 0.15) is 5.75 Å². The third kappa shape index (κ3) is 4.59. The highest BCUT2D eigenvalue weighted by Crippen LogP contribution is 2.26. The van der Waals surface area contributed by atoms with Crippen LogP contribution in [0.3, 0.4) is 0 Å². The fraction of sp³-hybridized carbons (Fsp3) is 0.300. The number of amides is 1. The van der Waals surface area contributed by atoms with Crippen LogP contribution in [0, 0.1) is 0 Å². The molecule has 0 heterocycles. The van der Waals surface area contributed by atoms with Crippen LogP contribution in [0.15, 0.2) is 54.6 Å². The van der Waals surface area contributed by atoms with Gasteiger partial charge in [0.15, 0.2) is 0 Å². The fourth-order valence-electron chi connectivity index (χ4n) is 2.45. The second-order valence-electron chi connectivity index (χ2n) is 5.94. The van der Waals surface area contributed by atoms with E-state index < -0.39 is 12.1 Å². The normalized spacial score (nSPS) is 14.4. The molecular weight excluding hydrogens is 318 g/mol. The number of esters is 1. The van der Waals surface area contributed by atoms with E-state index in [-0.39, 0.29) is 11.9 Å². The van der Waals surface area contributed by atoms with Crippen LogP contribution in [0.1, 0.15) is 41.8 Å². The van der Waals surface area contributed by atoms with Gasteiger partial charge < -0.3 is 14.8 Å². The number of rotatable bonds is 7. The lowest BCUT2D eigenvalue weighted by molar-refractivity contribution is -0.128. The largest absolute Gasteiger partial charge is 0.476 e. The van der Waals surface area contributed by atoms with Crippen molar-refractivity contribution in [3.63, 3.8) is 0 Å². The van der Waals surface area contributed by atoms with Crippen LogP contribution in [0.25, 0.3) is 0 Å². The van der Waals surface area contributed by atoms with Gasteiger partial charge in [0.2, 0.25) is 6.10 Å². The summed E-state index contributed by atoms with van der Waals surface area (Å²) in [5.74, 6) is -0.132. The highest BCUT2D eigenvalue weighted by Gasteiger charge is 2.29. The summed E-state index contributed by atoms with van der Waals surface area (Å²) in [5.41, 5.74) is 1.16. The molecule has 1 amide bonds. The van der Waals surface area contributed by atoms with Crippen LogP contribution in [0.2, 0.25) is 0 Å². The average Bonchev–Trinajstić information content (AvgIpc) is 3.45. The van der Waals surface area contributed by atoms with Crippen LogP contribution in [0.5, 0.6) is 5.75 Å². The van der Waals surface area contributed by atoms with E-state index in [9.17, 15) is 9.59 Å². The fourth-order valence-corrected chi connectivity index (χ4v) is 2.45. The number of nitrogens with one attached hydrogen (secondary N) is 1. The first-order chi connectivity index (χ1) is 12.2. The second kappa shape index (κ2) is 7.83. The van der Waals surface area contributed by atoms with Crippen molar-refractivity contribution in [3.8, 4) is 5.75 Å². The van der Waals surface area contributed by atoms with Crippen molar-refractivity contribution in [1.82, 2.24) is 5.32 Å². The molecule has 0 radical (unpaired) electrons. The minimum Gasteiger partial charge on any atom is -0.476 e. The summed E-state index contributed by atoms with van der Waals surface area (Å²) in [5, 5.41) is 2.97. The first-order valence-corrected chi connectivity index (χ1v) is 8.46. The molecular formula is C20H21NO4. The molecule has 0 bridgehead atoms. The maximum atomic E-state index is 12.6. The van der Waals surface area contributed by atoms with Crippen molar-refractivity contribution in [2.45, 2.75) is 31.9 Å². The lowest BCUT2D eigenvalue weighted by atomic mass is 10.1. The van der Waals surface area contributed by atoms with Crippen LogP contribution in [-0.2, 0) is 9.53 Å². The SMILES string of the molecule is CCOC(=O)c1cccc(O[C@@H](C(=O)NC2CC2)c2ccccc2)c1. The summed E-state index contributed by atoms with van der Waals surface area (Å²) in [6.45, 7) is 2.06. The average molecular weight is 339 g/mol. The maximum absolute atomic E-state index is 12.6. The van der Waals surface area contributed by atoms with Crippen molar-refractivity contribution in [1.29, 1.82) is 0 Å². The monoisotopic (exact) mass is 339 g/mol. The Morgan fingerprint density at radius 1 is 1.12 bits per heavy atom. The van der Waals surface area contributed by atoms with Gasteiger partial charge in [0, 0.05) is 11.6 Å². The number of hydrogen-bond donors (Lipinski definition) is 1. The first kappa shape index (κ1) is 17.0. The van der Waals surface area contributed by atoms with E-state index in [1.165, 1.54) is 0 Å². The molecule has 1 aliphatic rings. The van der Waals surface area contributed by atoms with Crippen molar-refractivity contribution in [2.24, 2.45) is 0 Å². The number of ether oxygens (including phenoxy) is 2. The molecule has 3 rings (SSSR count). The van der Waals surface area contributed by atoms with E-state index in [4.69, 9.17) is 9.47 Å². The lowest BCUT2D eigenvalue weighted by Crippen LogP contribution is -2.33. The summed E-state index contributed by atoms with van der Waals surface area (Å²) < 4.78 is 10.9. The Morgan fingerprint density at radius 2 is 1.88 bits per heavy atom. The Hall–Kier alpha value is -2.82. The predicted octanol–water partition coefficient (Wildman–Crippen LogP) is 3.26. The smallest absolute Gasteiger partial charge is 0.338 e. The van der Waals surface area contributed by atoms with Crippen molar-refractivity contribution < 1.29 is 19.1 Å². The van der Waals surface area contributed by atoms with Gasteiger partial charge in [-0.2, -0.15) is 0 Å². The van der Waals surface area contributed by atoms with Crippen molar-refractivity contribution in [3.05, 3.63) is 65.7 Å². The molecule has 0 unspecified atom stereocenters. The van der Waals surface area contributed by atoms with E-state index in [0.29, 0.717) is 17.9 Å². The Labute approximate surface area is 147 Å². The number of benzene rings is 2. The van der Waals surface area contributed by atoms with Gasteiger partial charge in [-0.3, -0.25) is 4.79 Å². The molecule has 0 aliphatic heterocycles. The molecule has 0 aromatic heterocycles. The lowest BCUT2D eigenvalue weighted by Gasteiger charge is -2.19. The molecule has 5 heteroatoms. The van der Waals surface area contributed by atoms with Crippen molar-refractivity contribution in [2.75, 3.05) is 6.61 Å². The van der Waals surface area contributed by atoms with Crippen LogP contribution >= 0.6 is 0 Å². The van der Waals surface area contributed by atoms with Crippen LogP contribution in [0.4, 0.5) is 0 Å². The first-order valence-electron chi connectivity index (χ1n) is 8.46. The van der Waals surface area contributed by atoms with E-state index in [1.807, 2.05) is 30.3 Å². The molecule has 0 spiro atoms. The highest BCUT2D eigenvalue weighted by molar-refractivity contribution is 5.90. The molecule has 1 fully saturated rings. The Balaban J connectivity index is 1.81. The van der Waals surface area contributed by atoms with Gasteiger partial charge in [0.05, 0.1) is 12.2 Å². The van der Waals surface area contributed by atoms with Crippen LogP contribution < -0.4 is 10.1 Å². The molecule has 2 aromatic rings. The summed E-state index contributed by atoms with van der Waals surface area (Å²) in [4.78, 5) is 24.5. The molecule has 25 heavy (non-hydrogen) atoms. The van der Waals surface area contributed by atoms with Gasteiger partial charge in [-0.05, 0) is 38.0 Å². The number of carbonyl (C=O) groups is 2. The summed E-state index contributed by atoms with van der Waals surface area (Å²) >= 11 is 0. The van der Waals surface area contributed by atoms with Gasteiger partial charge >= 0.3 is 5.97 Å². The molecule has 1 aliphatic carbocycles. The van der Waals surface area contributed by atoms with Gasteiger partial charge in [-0.15, -0.1) is 0 Å². The topological polar surface area (TPSA) is 64.6 Å². The van der Waals surface area contributed by atoms with Gasteiger partial charge in [-0.25, -0.2) is 4.79 Å². The standard InChI is InChI=1S/C20H21NO4/c1-2-24-20(23)15-9-6-10-17(13-15)25-18(14-7-4-3-5-8-14)19(22)21-16-11-12-16/h3-10,13,16,18H,2,11-12H2,1H3,(H,21,22)/t18-/m1/s1. The third-order valence-corrected chi connectivity index (χ3v) is 3.86. The zero-order valence-corrected chi connectivity index (χ0v) is 14.1. The van der Waals surface area contributed by atoms with E-state index in [2.05, 4.69) is 5.32 Å². The minimum absolute atomic E-state index is 0.171. The molecule has 1 saturated carbocycles. The van der Waals surface area contributed by atoms with E-state index in [1.54, 1.807) is 31.2 Å². The zero-order chi connectivity index (χ0) is 17.6. The zero-order valence-electron chi connectivity index (χ0n) is 14.1. The molecule has 1 N–H and O–H groups in total. The van der Waals surface area contributed by atoms with Crippen molar-refractivity contribution >= 4 is 11.9 Å². The number of carbonyl (C=O) groups excluding carboxylic acids is 2. The Kier molecular flexibility index (Phi) is 5.33. The molecule has 0 saturated heterocycles. The third-order valence-electron chi connectivity index (χ3n) is 3.86.